The van der Waals surface area contributed by atoms with Crippen LogP contribution in [0.4, 0.5) is 0 Å². The molecule has 0 bridgehead atoms. The molecule has 2 heterocycles. The van der Waals surface area contributed by atoms with Crippen LogP contribution in [0.3, 0.4) is 0 Å². The normalized spacial score (nSPS) is 12.7. The third-order valence-electron chi connectivity index (χ3n) is 3.48. The smallest absolute Gasteiger partial charge is 0.134 e. The molecule has 0 spiro atoms. The van der Waals surface area contributed by atoms with Crippen LogP contribution in [0.15, 0.2) is 57.6 Å². The van der Waals surface area contributed by atoms with E-state index in [4.69, 9.17) is 4.42 Å². The molecule has 3 rings (SSSR count). The molecule has 0 fully saturated rings. The van der Waals surface area contributed by atoms with Gasteiger partial charge in [-0.05, 0) is 43.3 Å². The van der Waals surface area contributed by atoms with E-state index in [0.29, 0.717) is 0 Å². The van der Waals surface area contributed by atoms with Crippen molar-refractivity contribution in [1.29, 1.82) is 0 Å². The van der Waals surface area contributed by atoms with E-state index in [9.17, 15) is 0 Å². The van der Waals surface area contributed by atoms with Crippen molar-refractivity contribution in [3.8, 4) is 0 Å². The number of halogens is 1. The van der Waals surface area contributed by atoms with Crippen molar-refractivity contribution < 1.29 is 4.42 Å². The van der Waals surface area contributed by atoms with Gasteiger partial charge in [0.2, 0.25) is 0 Å². The highest BCUT2D eigenvalue weighted by Crippen LogP contribution is 2.26. The molecule has 0 aliphatic carbocycles. The van der Waals surface area contributed by atoms with Crippen LogP contribution >= 0.6 is 15.9 Å². The molecule has 0 aliphatic heterocycles. The van der Waals surface area contributed by atoms with Crippen LogP contribution in [0.5, 0.6) is 0 Å². The molecule has 0 aliphatic rings. The Morgan fingerprint density at radius 1 is 1.24 bits per heavy atom. The second kappa shape index (κ2) is 6.41. The number of hydrogen-bond donors (Lipinski definition) is 1. The Morgan fingerprint density at radius 2 is 2.14 bits per heavy atom. The minimum atomic E-state index is 0.180. The third kappa shape index (κ3) is 3.52. The van der Waals surface area contributed by atoms with Gasteiger partial charge in [0.15, 0.2) is 0 Å². The SMILES string of the molecule is CC(NCCc1ccccn1)c1cc2cc(Br)ccc2o1. The first-order chi connectivity index (χ1) is 10.2. The lowest BCUT2D eigenvalue weighted by atomic mass is 10.2. The van der Waals surface area contributed by atoms with E-state index in [2.05, 4.69) is 45.3 Å². The van der Waals surface area contributed by atoms with E-state index >= 15 is 0 Å². The Morgan fingerprint density at radius 3 is 2.95 bits per heavy atom. The Hall–Kier alpha value is -1.65. The standard InChI is InChI=1S/C17H17BrN2O/c1-12(19-9-7-15-4-2-3-8-20-15)17-11-13-10-14(18)5-6-16(13)21-17/h2-6,8,10-12,19H,7,9H2,1H3. The van der Waals surface area contributed by atoms with E-state index in [-0.39, 0.29) is 6.04 Å². The molecular formula is C17H17BrN2O. The van der Waals surface area contributed by atoms with E-state index in [1.165, 1.54) is 0 Å². The monoisotopic (exact) mass is 344 g/mol. The maximum Gasteiger partial charge on any atom is 0.134 e. The number of nitrogens with one attached hydrogen (secondary N) is 1. The van der Waals surface area contributed by atoms with E-state index in [1.54, 1.807) is 0 Å². The van der Waals surface area contributed by atoms with Gasteiger partial charge in [-0.15, -0.1) is 0 Å². The summed E-state index contributed by atoms with van der Waals surface area (Å²) in [6, 6.07) is 14.3. The van der Waals surface area contributed by atoms with Crippen LogP contribution in [-0.2, 0) is 6.42 Å². The highest BCUT2D eigenvalue weighted by Gasteiger charge is 2.11. The fourth-order valence-corrected chi connectivity index (χ4v) is 2.69. The van der Waals surface area contributed by atoms with Gasteiger partial charge >= 0.3 is 0 Å². The zero-order valence-corrected chi connectivity index (χ0v) is 13.4. The summed E-state index contributed by atoms with van der Waals surface area (Å²) in [5.74, 6) is 0.962. The number of furan rings is 1. The zero-order valence-electron chi connectivity index (χ0n) is 11.8. The van der Waals surface area contributed by atoms with Gasteiger partial charge in [0.05, 0.1) is 6.04 Å². The Bertz CT molecular complexity index is 724. The molecule has 3 aromatic rings. The molecule has 0 amide bonds. The molecule has 1 unspecified atom stereocenters. The predicted molar refractivity (Wildman–Crippen MR) is 88.3 cm³/mol. The first-order valence-corrected chi connectivity index (χ1v) is 7.84. The van der Waals surface area contributed by atoms with Gasteiger partial charge in [0, 0.05) is 34.7 Å². The van der Waals surface area contributed by atoms with Gasteiger partial charge in [-0.25, -0.2) is 0 Å². The summed E-state index contributed by atoms with van der Waals surface area (Å²) in [5.41, 5.74) is 2.03. The number of benzene rings is 1. The highest BCUT2D eigenvalue weighted by molar-refractivity contribution is 9.10. The average Bonchev–Trinajstić information content (AvgIpc) is 2.91. The first kappa shape index (κ1) is 14.3. The summed E-state index contributed by atoms with van der Waals surface area (Å²) in [6.07, 6.45) is 2.74. The molecule has 2 aromatic heterocycles. The topological polar surface area (TPSA) is 38.1 Å². The first-order valence-electron chi connectivity index (χ1n) is 7.04. The fraction of sp³-hybridized carbons (Fsp3) is 0.235. The van der Waals surface area contributed by atoms with Crippen LogP contribution in [-0.4, -0.2) is 11.5 Å². The molecule has 0 saturated heterocycles. The summed E-state index contributed by atoms with van der Waals surface area (Å²) >= 11 is 3.48. The molecule has 0 saturated carbocycles. The second-order valence-corrected chi connectivity index (χ2v) is 5.99. The van der Waals surface area contributed by atoms with Crippen molar-refractivity contribution in [2.75, 3.05) is 6.54 Å². The van der Waals surface area contributed by atoms with Crippen molar-refractivity contribution in [2.24, 2.45) is 0 Å². The second-order valence-electron chi connectivity index (χ2n) is 5.08. The van der Waals surface area contributed by atoms with Crippen LogP contribution in [0.1, 0.15) is 24.4 Å². The Balaban J connectivity index is 1.62. The number of aromatic nitrogens is 1. The number of rotatable bonds is 5. The number of pyridine rings is 1. The largest absolute Gasteiger partial charge is 0.459 e. The van der Waals surface area contributed by atoms with Gasteiger partial charge in [0.25, 0.3) is 0 Å². The zero-order chi connectivity index (χ0) is 14.7. The van der Waals surface area contributed by atoms with Gasteiger partial charge in [-0.2, -0.15) is 0 Å². The van der Waals surface area contributed by atoms with Crippen LogP contribution < -0.4 is 5.32 Å². The van der Waals surface area contributed by atoms with Crippen LogP contribution in [0.25, 0.3) is 11.0 Å². The van der Waals surface area contributed by atoms with Gasteiger partial charge in [-0.1, -0.05) is 22.0 Å². The molecule has 21 heavy (non-hydrogen) atoms. The lowest BCUT2D eigenvalue weighted by Crippen LogP contribution is -2.21. The molecule has 1 atom stereocenters. The molecule has 4 heteroatoms. The van der Waals surface area contributed by atoms with E-state index in [1.807, 2.05) is 36.5 Å². The van der Waals surface area contributed by atoms with Crippen LogP contribution in [0, 0.1) is 0 Å². The lowest BCUT2D eigenvalue weighted by molar-refractivity contribution is 0.453. The molecule has 3 nitrogen and oxygen atoms in total. The number of fused-ring (bicyclic) bond motifs is 1. The molecule has 108 valence electrons. The Kier molecular flexibility index (Phi) is 4.36. The van der Waals surface area contributed by atoms with Crippen molar-refractivity contribution in [1.82, 2.24) is 10.3 Å². The quantitative estimate of drug-likeness (QED) is 0.741. The van der Waals surface area contributed by atoms with Crippen molar-refractivity contribution in [2.45, 2.75) is 19.4 Å². The minimum absolute atomic E-state index is 0.180. The average molecular weight is 345 g/mol. The number of nitrogens with zero attached hydrogens (tertiary/aromatic N) is 1. The van der Waals surface area contributed by atoms with Crippen molar-refractivity contribution in [3.63, 3.8) is 0 Å². The molecular weight excluding hydrogens is 328 g/mol. The van der Waals surface area contributed by atoms with Gasteiger partial charge in [0.1, 0.15) is 11.3 Å². The molecule has 1 N–H and O–H groups in total. The van der Waals surface area contributed by atoms with E-state index in [0.717, 1.165) is 39.9 Å². The lowest BCUT2D eigenvalue weighted by Gasteiger charge is -2.10. The molecule has 1 aromatic carbocycles. The summed E-state index contributed by atoms with van der Waals surface area (Å²) in [4.78, 5) is 4.32. The maximum atomic E-state index is 5.89. The van der Waals surface area contributed by atoms with Crippen molar-refractivity contribution >= 4 is 26.9 Å². The number of hydrogen-bond acceptors (Lipinski definition) is 3. The summed E-state index contributed by atoms with van der Waals surface area (Å²) < 4.78 is 6.96. The third-order valence-corrected chi connectivity index (χ3v) is 3.98. The van der Waals surface area contributed by atoms with Gasteiger partial charge in [-0.3, -0.25) is 4.98 Å². The van der Waals surface area contributed by atoms with Crippen molar-refractivity contribution in [3.05, 3.63) is 64.6 Å². The highest BCUT2D eigenvalue weighted by atomic mass is 79.9. The molecule has 0 radical (unpaired) electrons. The Labute approximate surface area is 132 Å². The fourth-order valence-electron chi connectivity index (χ4n) is 2.31. The van der Waals surface area contributed by atoms with Gasteiger partial charge < -0.3 is 9.73 Å². The van der Waals surface area contributed by atoms with E-state index < -0.39 is 0 Å². The summed E-state index contributed by atoms with van der Waals surface area (Å²) in [5, 5.41) is 4.60. The summed E-state index contributed by atoms with van der Waals surface area (Å²) in [7, 11) is 0. The predicted octanol–water partition coefficient (Wildman–Crippen LogP) is 4.48. The summed E-state index contributed by atoms with van der Waals surface area (Å²) in [6.45, 7) is 2.99. The van der Waals surface area contributed by atoms with Crippen LogP contribution in [0.2, 0.25) is 0 Å². The maximum absolute atomic E-state index is 5.89. The minimum Gasteiger partial charge on any atom is -0.459 e.